The Labute approximate surface area is 111 Å². The van der Waals surface area contributed by atoms with Gasteiger partial charge in [-0.05, 0) is 30.7 Å². The van der Waals surface area contributed by atoms with E-state index in [0.717, 1.165) is 19.5 Å². The highest BCUT2D eigenvalue weighted by molar-refractivity contribution is 7.10. The number of urea groups is 1. The molecule has 2 aliphatic rings. The van der Waals surface area contributed by atoms with Crippen LogP contribution in [0.4, 0.5) is 4.79 Å². The second-order valence-electron chi connectivity index (χ2n) is 5.33. The molecule has 2 unspecified atom stereocenters. The molecule has 98 valence electrons. The summed E-state index contributed by atoms with van der Waals surface area (Å²) in [5, 5.41) is 5.72. The number of thiophene rings is 1. The van der Waals surface area contributed by atoms with Crippen molar-refractivity contribution in [2.24, 2.45) is 5.73 Å². The monoisotopic (exact) mass is 265 g/mol. The number of piperidine rings is 1. The van der Waals surface area contributed by atoms with E-state index < -0.39 is 0 Å². The molecule has 3 rings (SSSR count). The minimum absolute atomic E-state index is 0.293. The van der Waals surface area contributed by atoms with Gasteiger partial charge in [-0.15, -0.1) is 11.3 Å². The lowest BCUT2D eigenvalue weighted by Crippen LogP contribution is -2.52. The first-order chi connectivity index (χ1) is 8.72. The maximum atomic E-state index is 11.4. The van der Waals surface area contributed by atoms with E-state index in [-0.39, 0.29) is 6.03 Å². The molecule has 5 heteroatoms. The molecule has 1 saturated carbocycles. The fourth-order valence-electron chi connectivity index (χ4n) is 2.71. The molecule has 2 heterocycles. The normalized spacial score (nSPS) is 28.3. The molecule has 1 aliphatic carbocycles. The van der Waals surface area contributed by atoms with Gasteiger partial charge in [0.2, 0.25) is 0 Å². The van der Waals surface area contributed by atoms with Gasteiger partial charge in [-0.1, -0.05) is 6.07 Å². The van der Waals surface area contributed by atoms with Gasteiger partial charge in [0.25, 0.3) is 0 Å². The predicted molar refractivity (Wildman–Crippen MR) is 72.8 cm³/mol. The summed E-state index contributed by atoms with van der Waals surface area (Å²) in [6, 6.07) is 5.01. The number of rotatable bonds is 3. The number of hydrogen-bond donors (Lipinski definition) is 2. The van der Waals surface area contributed by atoms with E-state index in [1.807, 2.05) is 0 Å². The first-order valence-corrected chi connectivity index (χ1v) is 7.44. The van der Waals surface area contributed by atoms with Crippen LogP contribution in [0.3, 0.4) is 0 Å². The quantitative estimate of drug-likeness (QED) is 0.874. The lowest BCUT2D eigenvalue weighted by Gasteiger charge is -2.37. The van der Waals surface area contributed by atoms with Crippen LogP contribution in [0.15, 0.2) is 17.5 Å². The highest BCUT2D eigenvalue weighted by Crippen LogP contribution is 2.31. The molecule has 0 bridgehead atoms. The van der Waals surface area contributed by atoms with Crippen LogP contribution in [0, 0.1) is 0 Å². The van der Waals surface area contributed by atoms with Crippen LogP contribution in [0.25, 0.3) is 0 Å². The summed E-state index contributed by atoms with van der Waals surface area (Å²) in [6.45, 7) is 1.52. The minimum Gasteiger partial charge on any atom is -0.351 e. The number of likely N-dealkylation sites (tertiary alicyclic amines) is 1. The molecular weight excluding hydrogens is 246 g/mol. The van der Waals surface area contributed by atoms with Crippen LogP contribution >= 0.6 is 11.3 Å². The van der Waals surface area contributed by atoms with Crippen LogP contribution in [0.1, 0.15) is 30.1 Å². The van der Waals surface area contributed by atoms with Gasteiger partial charge in [0, 0.05) is 36.0 Å². The fourth-order valence-corrected chi connectivity index (χ4v) is 3.55. The molecule has 2 atom stereocenters. The van der Waals surface area contributed by atoms with Crippen LogP contribution in [-0.4, -0.2) is 36.1 Å². The third-order valence-corrected chi connectivity index (χ3v) is 4.79. The zero-order valence-electron chi connectivity index (χ0n) is 10.3. The van der Waals surface area contributed by atoms with Crippen molar-refractivity contribution in [3.63, 3.8) is 0 Å². The Morgan fingerprint density at radius 1 is 1.39 bits per heavy atom. The van der Waals surface area contributed by atoms with Gasteiger partial charge < -0.3 is 16.0 Å². The Balaban J connectivity index is 1.71. The Hall–Kier alpha value is -1.07. The van der Waals surface area contributed by atoms with Gasteiger partial charge in [0.05, 0.1) is 0 Å². The smallest absolute Gasteiger partial charge is 0.314 e. The van der Waals surface area contributed by atoms with Crippen molar-refractivity contribution in [1.29, 1.82) is 0 Å². The summed E-state index contributed by atoms with van der Waals surface area (Å²) in [5.74, 6) is 0.433. The molecule has 1 aromatic rings. The highest BCUT2D eigenvalue weighted by atomic mass is 32.1. The molecular formula is C13H19N3OS. The molecule has 3 N–H and O–H groups in total. The number of amides is 2. The van der Waals surface area contributed by atoms with Crippen molar-refractivity contribution in [2.45, 2.75) is 37.3 Å². The van der Waals surface area contributed by atoms with Crippen molar-refractivity contribution in [3.05, 3.63) is 22.4 Å². The SMILES string of the molecule is NC(=O)N1CC(NC2CC2)CC(c2cccs2)C1. The first kappa shape index (κ1) is 12.0. The average Bonchev–Trinajstić information content (AvgIpc) is 2.99. The zero-order chi connectivity index (χ0) is 12.5. The number of hydrogen-bond acceptors (Lipinski definition) is 3. The first-order valence-electron chi connectivity index (χ1n) is 6.56. The largest absolute Gasteiger partial charge is 0.351 e. The van der Waals surface area contributed by atoms with E-state index in [4.69, 9.17) is 5.73 Å². The highest BCUT2D eigenvalue weighted by Gasteiger charge is 2.33. The van der Waals surface area contributed by atoms with Gasteiger partial charge in [-0.25, -0.2) is 4.79 Å². The van der Waals surface area contributed by atoms with E-state index in [1.165, 1.54) is 17.7 Å². The van der Waals surface area contributed by atoms with Crippen molar-refractivity contribution in [1.82, 2.24) is 10.2 Å². The second-order valence-corrected chi connectivity index (χ2v) is 6.31. The Kier molecular flexibility index (Phi) is 3.26. The lowest BCUT2D eigenvalue weighted by molar-refractivity contribution is 0.172. The molecule has 2 amide bonds. The molecule has 4 nitrogen and oxygen atoms in total. The molecule has 18 heavy (non-hydrogen) atoms. The van der Waals surface area contributed by atoms with E-state index >= 15 is 0 Å². The van der Waals surface area contributed by atoms with Crippen molar-refractivity contribution >= 4 is 17.4 Å². The number of nitrogens with two attached hydrogens (primary N) is 1. The molecule has 1 aliphatic heterocycles. The van der Waals surface area contributed by atoms with Gasteiger partial charge in [-0.3, -0.25) is 0 Å². The number of primary amides is 1. The van der Waals surface area contributed by atoms with Crippen molar-refractivity contribution in [3.8, 4) is 0 Å². The summed E-state index contributed by atoms with van der Waals surface area (Å²) in [6.07, 6.45) is 3.66. The van der Waals surface area contributed by atoms with Gasteiger partial charge >= 0.3 is 6.03 Å². The van der Waals surface area contributed by atoms with E-state index in [0.29, 0.717) is 18.0 Å². The molecule has 2 fully saturated rings. The van der Waals surface area contributed by atoms with Gasteiger partial charge in [-0.2, -0.15) is 0 Å². The third-order valence-electron chi connectivity index (χ3n) is 3.76. The van der Waals surface area contributed by atoms with E-state index in [9.17, 15) is 4.79 Å². The molecule has 0 aromatic carbocycles. The van der Waals surface area contributed by atoms with Gasteiger partial charge in [0.1, 0.15) is 0 Å². The molecule has 1 saturated heterocycles. The third kappa shape index (κ3) is 2.67. The lowest BCUT2D eigenvalue weighted by atomic mass is 9.93. The summed E-state index contributed by atoms with van der Waals surface area (Å²) < 4.78 is 0. The maximum Gasteiger partial charge on any atom is 0.314 e. The summed E-state index contributed by atoms with van der Waals surface area (Å²) >= 11 is 1.77. The molecule has 0 spiro atoms. The van der Waals surface area contributed by atoms with E-state index in [2.05, 4.69) is 22.8 Å². The average molecular weight is 265 g/mol. The summed E-state index contributed by atoms with van der Waals surface area (Å²) in [4.78, 5) is 14.6. The van der Waals surface area contributed by atoms with Crippen LogP contribution in [-0.2, 0) is 0 Å². The Morgan fingerprint density at radius 3 is 2.83 bits per heavy atom. The summed E-state index contributed by atoms with van der Waals surface area (Å²) in [7, 11) is 0. The van der Waals surface area contributed by atoms with Crippen LogP contribution in [0.5, 0.6) is 0 Å². The fraction of sp³-hybridized carbons (Fsp3) is 0.615. The molecule has 1 aromatic heterocycles. The minimum atomic E-state index is -0.293. The Morgan fingerprint density at radius 2 is 2.22 bits per heavy atom. The van der Waals surface area contributed by atoms with Crippen molar-refractivity contribution in [2.75, 3.05) is 13.1 Å². The predicted octanol–water partition coefficient (Wildman–Crippen LogP) is 1.74. The van der Waals surface area contributed by atoms with Gasteiger partial charge in [0.15, 0.2) is 0 Å². The number of carbonyl (C=O) groups is 1. The number of nitrogens with zero attached hydrogens (tertiary/aromatic N) is 1. The van der Waals surface area contributed by atoms with Crippen LogP contribution < -0.4 is 11.1 Å². The zero-order valence-corrected chi connectivity index (χ0v) is 11.2. The molecule has 0 radical (unpaired) electrons. The maximum absolute atomic E-state index is 11.4. The number of nitrogens with one attached hydrogen (secondary N) is 1. The topological polar surface area (TPSA) is 58.4 Å². The summed E-state index contributed by atoms with van der Waals surface area (Å²) in [5.41, 5.74) is 5.45. The van der Waals surface area contributed by atoms with Crippen LogP contribution in [0.2, 0.25) is 0 Å². The second kappa shape index (κ2) is 4.90. The van der Waals surface area contributed by atoms with E-state index in [1.54, 1.807) is 16.2 Å². The Bertz CT molecular complexity index is 416. The van der Waals surface area contributed by atoms with Crippen molar-refractivity contribution < 1.29 is 4.79 Å². The number of carbonyl (C=O) groups excluding carboxylic acids is 1. The standard InChI is InChI=1S/C13H19N3OS/c14-13(17)16-7-9(12-2-1-5-18-12)6-11(8-16)15-10-3-4-10/h1-2,5,9-11,15H,3-4,6-8H2,(H2,14,17).